The van der Waals surface area contributed by atoms with Crippen molar-refractivity contribution in [2.75, 3.05) is 0 Å². The van der Waals surface area contributed by atoms with Crippen LogP contribution in [0.4, 0.5) is 8.63 Å². The molecule has 11 heteroatoms. The number of hydrogen-bond donors (Lipinski definition) is 0. The Morgan fingerprint density at radius 2 is 1.61 bits per heavy atom. The number of ether oxygens (including phenoxy) is 1. The highest BCUT2D eigenvalue weighted by molar-refractivity contribution is 6.58. The van der Waals surface area contributed by atoms with Gasteiger partial charge in [-0.25, -0.2) is 0 Å². The molecule has 0 atom stereocenters. The number of benzene rings is 1. The quantitative estimate of drug-likeness (QED) is 0.400. The van der Waals surface area contributed by atoms with E-state index in [4.69, 9.17) is 16.3 Å². The molecule has 2 aromatic heterocycles. The molecule has 3 aromatic rings. The van der Waals surface area contributed by atoms with Gasteiger partial charge in [0.1, 0.15) is 11.5 Å². The van der Waals surface area contributed by atoms with Crippen molar-refractivity contribution in [2.45, 2.75) is 54.4 Å². The van der Waals surface area contributed by atoms with Crippen LogP contribution >= 0.6 is 11.6 Å². The monoisotopic (exact) mass is 510 g/mol. The van der Waals surface area contributed by atoms with Crippen LogP contribution in [0.25, 0.3) is 5.57 Å². The summed E-state index contributed by atoms with van der Waals surface area (Å²) in [4.78, 5) is 0. The van der Waals surface area contributed by atoms with Crippen LogP contribution in [-0.2, 0) is 6.42 Å². The zero-order valence-corrected chi connectivity index (χ0v) is 21.8. The number of halogens is 3. The second-order valence-corrected chi connectivity index (χ2v) is 9.40. The lowest BCUT2D eigenvalue weighted by molar-refractivity contribution is -0.363. The molecule has 0 bridgehead atoms. The van der Waals surface area contributed by atoms with Gasteiger partial charge >= 0.3 is 13.0 Å². The first-order chi connectivity index (χ1) is 17.1. The summed E-state index contributed by atoms with van der Waals surface area (Å²) in [6.07, 6.45) is 1.36. The molecule has 0 saturated heterocycles. The molecule has 0 radical (unpaired) electrons. The summed E-state index contributed by atoms with van der Waals surface area (Å²) in [6, 6.07) is 7.20. The summed E-state index contributed by atoms with van der Waals surface area (Å²) in [5.74, 6) is 0.464. The number of nitrogens with zero attached hydrogens (tertiary/aromatic N) is 6. The Bertz CT molecular complexity index is 1490. The SMILES string of the molecule is CCC1=C(C)C2=C(c3ccc(Oc4nnc(Cl)nn4)cc3)c3c(C)c(CC)c(C)n3[B-](F)(F)[N+]2=C1C. The standard InChI is InChI=1S/C25H26BClF2N6O/c1-7-19-13(3)22-21(17-9-11-18(12-10-17)36-25-32-30-24(27)31-33-25)23-14(4)20(8-2)16(6)35(23)26(28,29)34(22)15(19)5/h9-12H,7-8H2,1-6H3. The van der Waals surface area contributed by atoms with E-state index in [1.807, 2.05) is 39.8 Å². The minimum absolute atomic E-state index is 0.0410. The Kier molecular flexibility index (Phi) is 5.82. The predicted molar refractivity (Wildman–Crippen MR) is 136 cm³/mol. The smallest absolute Gasteiger partial charge is 0.422 e. The molecule has 36 heavy (non-hydrogen) atoms. The van der Waals surface area contributed by atoms with Gasteiger partial charge in [-0.15, -0.1) is 10.2 Å². The first-order valence-electron chi connectivity index (χ1n) is 11.9. The predicted octanol–water partition coefficient (Wildman–Crippen LogP) is 5.90. The summed E-state index contributed by atoms with van der Waals surface area (Å²) >= 11 is 5.63. The average Bonchev–Trinajstić information content (AvgIpc) is 3.26. The fraction of sp³-hybridized carbons (Fsp3) is 0.320. The van der Waals surface area contributed by atoms with Gasteiger partial charge in [-0.1, -0.05) is 36.2 Å². The number of fused-ring (bicyclic) bond motifs is 2. The number of rotatable bonds is 5. The molecule has 0 saturated carbocycles. The molecule has 0 aliphatic carbocycles. The van der Waals surface area contributed by atoms with Crippen LogP contribution in [0.2, 0.25) is 5.28 Å². The summed E-state index contributed by atoms with van der Waals surface area (Å²) < 4.78 is 40.8. The maximum absolute atomic E-state index is 16.3. The lowest BCUT2D eigenvalue weighted by atomic mass is 9.83. The van der Waals surface area contributed by atoms with Crippen LogP contribution in [0.1, 0.15) is 62.2 Å². The highest BCUT2D eigenvalue weighted by Gasteiger charge is 2.56. The van der Waals surface area contributed by atoms with Crippen molar-refractivity contribution in [1.82, 2.24) is 24.9 Å². The van der Waals surface area contributed by atoms with Gasteiger partial charge in [0.2, 0.25) is 0 Å². The largest absolute Gasteiger partial charge is 0.737 e. The second kappa shape index (κ2) is 8.62. The van der Waals surface area contributed by atoms with Gasteiger partial charge < -0.3 is 22.3 Å². The fourth-order valence-corrected chi connectivity index (χ4v) is 5.87. The zero-order valence-electron chi connectivity index (χ0n) is 21.0. The van der Waals surface area contributed by atoms with E-state index in [0.717, 1.165) is 33.4 Å². The molecule has 2 aliphatic heterocycles. The van der Waals surface area contributed by atoms with E-state index >= 15 is 8.63 Å². The molecular formula is C25H26BClF2N6O. The third-order valence-corrected chi connectivity index (χ3v) is 7.44. The van der Waals surface area contributed by atoms with Crippen molar-refractivity contribution in [2.24, 2.45) is 0 Å². The first-order valence-corrected chi connectivity index (χ1v) is 12.3. The molecule has 0 fully saturated rings. The molecule has 2 aliphatic rings. The highest BCUT2D eigenvalue weighted by Crippen LogP contribution is 2.47. The van der Waals surface area contributed by atoms with Gasteiger partial charge in [-0.05, 0) is 79.7 Å². The van der Waals surface area contributed by atoms with Crippen LogP contribution in [0.3, 0.4) is 0 Å². The topological polar surface area (TPSA) is 68.7 Å². The van der Waals surface area contributed by atoms with Crippen molar-refractivity contribution in [3.63, 3.8) is 0 Å². The van der Waals surface area contributed by atoms with Gasteiger partial charge in [0.25, 0.3) is 5.28 Å². The molecular weight excluding hydrogens is 485 g/mol. The minimum Gasteiger partial charge on any atom is -0.422 e. The molecule has 7 nitrogen and oxygen atoms in total. The first kappa shape index (κ1) is 24.3. The van der Waals surface area contributed by atoms with Gasteiger partial charge in [0.05, 0.1) is 5.57 Å². The summed E-state index contributed by atoms with van der Waals surface area (Å²) in [7, 11) is 0. The zero-order chi connectivity index (χ0) is 25.9. The molecule has 0 unspecified atom stereocenters. The molecule has 186 valence electrons. The van der Waals surface area contributed by atoms with E-state index in [1.165, 1.54) is 8.96 Å². The van der Waals surface area contributed by atoms with Gasteiger partial charge in [0, 0.05) is 23.8 Å². The van der Waals surface area contributed by atoms with Crippen LogP contribution < -0.4 is 4.74 Å². The van der Waals surface area contributed by atoms with Crippen molar-refractivity contribution < 1.29 is 17.9 Å². The van der Waals surface area contributed by atoms with Crippen LogP contribution in [-0.4, -0.2) is 42.0 Å². The molecule has 5 rings (SSSR count). The van der Waals surface area contributed by atoms with E-state index in [0.29, 0.717) is 41.4 Å². The Balaban J connectivity index is 1.73. The van der Waals surface area contributed by atoms with Crippen molar-refractivity contribution >= 4 is 29.9 Å². The fourth-order valence-electron chi connectivity index (χ4n) is 5.80. The number of allylic oxidation sites excluding steroid dienone is 2. The van der Waals surface area contributed by atoms with E-state index in [1.54, 1.807) is 26.0 Å². The molecule has 0 N–H and O–H groups in total. The summed E-state index contributed by atoms with van der Waals surface area (Å²) in [6.45, 7) is 7.44. The molecule has 1 aromatic carbocycles. The molecule has 4 heterocycles. The lowest BCUT2D eigenvalue weighted by Gasteiger charge is -2.34. The Morgan fingerprint density at radius 1 is 0.972 bits per heavy atom. The minimum atomic E-state index is -4.06. The molecule has 0 spiro atoms. The van der Waals surface area contributed by atoms with Crippen molar-refractivity contribution in [3.05, 3.63) is 74.5 Å². The second-order valence-electron chi connectivity index (χ2n) is 9.06. The summed E-state index contributed by atoms with van der Waals surface area (Å²) in [5.41, 5.74) is 7.69. The van der Waals surface area contributed by atoms with Gasteiger partial charge in [0.15, 0.2) is 5.70 Å². The Hall–Kier alpha value is -3.40. The number of aromatic nitrogens is 5. The van der Waals surface area contributed by atoms with E-state index < -0.39 is 6.97 Å². The van der Waals surface area contributed by atoms with E-state index in [9.17, 15) is 0 Å². The molecule has 0 amide bonds. The third kappa shape index (κ3) is 3.42. The van der Waals surface area contributed by atoms with Gasteiger partial charge in [-0.3, -0.25) is 0 Å². The van der Waals surface area contributed by atoms with Crippen molar-refractivity contribution in [3.8, 4) is 11.8 Å². The number of hydrogen-bond acceptors (Lipinski definition) is 5. The third-order valence-electron chi connectivity index (χ3n) is 7.28. The Morgan fingerprint density at radius 3 is 2.19 bits per heavy atom. The Labute approximate surface area is 213 Å². The van der Waals surface area contributed by atoms with Crippen LogP contribution in [0.5, 0.6) is 11.8 Å². The normalized spacial score (nSPS) is 16.6. The lowest BCUT2D eigenvalue weighted by Crippen LogP contribution is -2.51. The average molecular weight is 511 g/mol. The maximum atomic E-state index is 16.3. The summed E-state index contributed by atoms with van der Waals surface area (Å²) in [5, 5.41) is 14.7. The van der Waals surface area contributed by atoms with Crippen LogP contribution in [0, 0.1) is 13.8 Å². The van der Waals surface area contributed by atoms with E-state index in [2.05, 4.69) is 20.4 Å². The maximum Gasteiger partial charge on any atom is 0.737 e. The highest BCUT2D eigenvalue weighted by atomic mass is 35.5. The van der Waals surface area contributed by atoms with Crippen molar-refractivity contribution in [1.29, 1.82) is 0 Å². The van der Waals surface area contributed by atoms with Gasteiger partial charge in [-0.2, -0.15) is 0 Å². The van der Waals surface area contributed by atoms with Crippen LogP contribution in [0.15, 0.2) is 41.1 Å². The van der Waals surface area contributed by atoms with E-state index in [-0.39, 0.29) is 11.3 Å².